The topological polar surface area (TPSA) is 32.3 Å². The van der Waals surface area contributed by atoms with E-state index in [1.165, 1.54) is 23.3 Å². The maximum atomic E-state index is 10.00. The number of benzene rings is 1. The summed E-state index contributed by atoms with van der Waals surface area (Å²) in [5.41, 5.74) is 1.32. The summed E-state index contributed by atoms with van der Waals surface area (Å²) in [6, 6.07) is 9.26. The first-order valence-corrected chi connectivity index (χ1v) is 8.20. The fourth-order valence-corrected chi connectivity index (χ4v) is 3.62. The van der Waals surface area contributed by atoms with Crippen molar-refractivity contribution in [2.24, 2.45) is 0 Å². The zero-order valence-electron chi connectivity index (χ0n) is 11.9. The molecule has 0 spiro atoms. The molecule has 2 rings (SSSR count). The number of hydrogen-bond donors (Lipinski definition) is 2. The lowest BCUT2D eigenvalue weighted by Crippen LogP contribution is -2.26. The number of aliphatic hydroxyl groups is 1. The van der Waals surface area contributed by atoms with Gasteiger partial charge in [-0.1, -0.05) is 38.8 Å². The van der Waals surface area contributed by atoms with Gasteiger partial charge in [0.1, 0.15) is 0 Å². The largest absolute Gasteiger partial charge is 0.392 e. The molecule has 106 valence electrons. The van der Waals surface area contributed by atoms with E-state index in [1.54, 1.807) is 0 Å². The smallest absolute Gasteiger partial charge is 0.0662 e. The normalized spacial score (nSPS) is 23.8. The fourth-order valence-electron chi connectivity index (χ4n) is 2.40. The predicted octanol–water partition coefficient (Wildman–Crippen LogP) is 3.58. The van der Waals surface area contributed by atoms with Crippen LogP contribution in [0.5, 0.6) is 0 Å². The molecule has 2 N–H and O–H groups in total. The van der Waals surface area contributed by atoms with Crippen LogP contribution in [-0.2, 0) is 6.54 Å². The lowest BCUT2D eigenvalue weighted by Gasteiger charge is -2.26. The number of hydrogen-bond acceptors (Lipinski definition) is 3. The van der Waals surface area contributed by atoms with E-state index >= 15 is 0 Å². The van der Waals surface area contributed by atoms with Crippen LogP contribution in [0.2, 0.25) is 0 Å². The van der Waals surface area contributed by atoms with Crippen molar-refractivity contribution in [3.63, 3.8) is 0 Å². The van der Waals surface area contributed by atoms with Crippen LogP contribution >= 0.6 is 11.8 Å². The summed E-state index contributed by atoms with van der Waals surface area (Å²) in [5, 5.41) is 13.8. The van der Waals surface area contributed by atoms with Crippen LogP contribution in [0.15, 0.2) is 29.2 Å². The lowest BCUT2D eigenvalue weighted by atomic mass is 9.97. The van der Waals surface area contributed by atoms with Gasteiger partial charge in [0, 0.05) is 22.7 Å². The van der Waals surface area contributed by atoms with Crippen molar-refractivity contribution in [3.8, 4) is 0 Å². The molecule has 19 heavy (non-hydrogen) atoms. The van der Waals surface area contributed by atoms with E-state index in [1.807, 2.05) is 11.8 Å². The van der Waals surface area contributed by atoms with Crippen LogP contribution < -0.4 is 5.32 Å². The Morgan fingerprint density at radius 1 is 1.21 bits per heavy atom. The van der Waals surface area contributed by atoms with E-state index in [-0.39, 0.29) is 6.10 Å². The molecule has 1 aromatic rings. The molecule has 2 nitrogen and oxygen atoms in total. The zero-order valence-corrected chi connectivity index (χ0v) is 12.7. The van der Waals surface area contributed by atoms with Gasteiger partial charge >= 0.3 is 0 Å². The highest BCUT2D eigenvalue weighted by atomic mass is 32.2. The van der Waals surface area contributed by atoms with E-state index in [9.17, 15) is 5.11 Å². The SMILES string of the molecule is CC(C)NCc1ccc(SC2CCCCC2O)cc1. The maximum absolute atomic E-state index is 10.00. The van der Waals surface area contributed by atoms with Gasteiger partial charge in [0.05, 0.1) is 6.10 Å². The molecular weight excluding hydrogens is 254 g/mol. The third-order valence-electron chi connectivity index (χ3n) is 3.59. The summed E-state index contributed by atoms with van der Waals surface area (Å²) in [6.07, 6.45) is 4.42. The molecule has 2 unspecified atom stereocenters. The van der Waals surface area contributed by atoms with E-state index in [0.29, 0.717) is 11.3 Å². The van der Waals surface area contributed by atoms with Crippen LogP contribution in [-0.4, -0.2) is 22.5 Å². The van der Waals surface area contributed by atoms with Gasteiger partial charge in [-0.25, -0.2) is 0 Å². The van der Waals surface area contributed by atoms with Gasteiger partial charge in [0.15, 0.2) is 0 Å². The number of nitrogens with one attached hydrogen (secondary N) is 1. The number of rotatable bonds is 5. The average molecular weight is 279 g/mol. The van der Waals surface area contributed by atoms with Gasteiger partial charge in [-0.2, -0.15) is 0 Å². The lowest BCUT2D eigenvalue weighted by molar-refractivity contribution is 0.137. The summed E-state index contributed by atoms with van der Waals surface area (Å²) >= 11 is 1.84. The summed E-state index contributed by atoms with van der Waals surface area (Å²) in [4.78, 5) is 1.28. The summed E-state index contributed by atoms with van der Waals surface area (Å²) in [6.45, 7) is 5.25. The van der Waals surface area contributed by atoms with Crippen LogP contribution in [0.4, 0.5) is 0 Å². The van der Waals surface area contributed by atoms with Crippen LogP contribution in [0.3, 0.4) is 0 Å². The minimum atomic E-state index is -0.124. The second-order valence-corrected chi connectivity index (χ2v) is 7.00. The Balaban J connectivity index is 1.87. The van der Waals surface area contributed by atoms with Crippen molar-refractivity contribution >= 4 is 11.8 Å². The van der Waals surface area contributed by atoms with Crippen molar-refractivity contribution < 1.29 is 5.11 Å². The van der Waals surface area contributed by atoms with E-state index in [2.05, 4.69) is 43.4 Å². The molecule has 0 heterocycles. The highest BCUT2D eigenvalue weighted by Gasteiger charge is 2.23. The highest BCUT2D eigenvalue weighted by molar-refractivity contribution is 8.00. The Hall–Kier alpha value is -0.510. The molecule has 0 aliphatic heterocycles. The van der Waals surface area contributed by atoms with Gasteiger partial charge in [-0.15, -0.1) is 11.8 Å². The Bertz CT molecular complexity index is 377. The first kappa shape index (κ1) is 14.9. The van der Waals surface area contributed by atoms with Gasteiger partial charge in [0.2, 0.25) is 0 Å². The molecule has 0 aromatic heterocycles. The van der Waals surface area contributed by atoms with Crippen molar-refractivity contribution in [3.05, 3.63) is 29.8 Å². The van der Waals surface area contributed by atoms with Gasteiger partial charge < -0.3 is 10.4 Å². The van der Waals surface area contributed by atoms with Crippen LogP contribution in [0.1, 0.15) is 45.1 Å². The van der Waals surface area contributed by atoms with E-state index in [0.717, 1.165) is 19.4 Å². The van der Waals surface area contributed by atoms with Crippen LogP contribution in [0.25, 0.3) is 0 Å². The van der Waals surface area contributed by atoms with Crippen molar-refractivity contribution in [2.75, 3.05) is 0 Å². The summed E-state index contributed by atoms with van der Waals surface area (Å²) < 4.78 is 0. The fraction of sp³-hybridized carbons (Fsp3) is 0.625. The monoisotopic (exact) mass is 279 g/mol. The summed E-state index contributed by atoms with van der Waals surface area (Å²) in [7, 11) is 0. The third kappa shape index (κ3) is 4.83. The number of aliphatic hydroxyl groups excluding tert-OH is 1. The molecule has 0 amide bonds. The Labute approximate surface area is 121 Å². The maximum Gasteiger partial charge on any atom is 0.0662 e. The molecule has 1 aromatic carbocycles. The van der Waals surface area contributed by atoms with Gasteiger partial charge in [-0.05, 0) is 30.5 Å². The quantitative estimate of drug-likeness (QED) is 0.864. The van der Waals surface area contributed by atoms with Gasteiger partial charge in [0.25, 0.3) is 0 Å². The van der Waals surface area contributed by atoms with Crippen molar-refractivity contribution in [1.82, 2.24) is 5.32 Å². The van der Waals surface area contributed by atoms with E-state index in [4.69, 9.17) is 0 Å². The Morgan fingerprint density at radius 2 is 1.89 bits per heavy atom. The third-order valence-corrected chi connectivity index (χ3v) is 4.99. The zero-order chi connectivity index (χ0) is 13.7. The average Bonchev–Trinajstić information content (AvgIpc) is 2.40. The standard InChI is InChI=1S/C16H25NOS/c1-12(2)17-11-13-7-9-14(10-8-13)19-16-6-4-3-5-15(16)18/h7-10,12,15-18H,3-6,11H2,1-2H3. The first-order valence-electron chi connectivity index (χ1n) is 7.32. The number of thioether (sulfide) groups is 1. The van der Waals surface area contributed by atoms with Crippen molar-refractivity contribution in [2.45, 2.75) is 68.4 Å². The Morgan fingerprint density at radius 3 is 2.53 bits per heavy atom. The second kappa shape index (κ2) is 7.32. The molecule has 0 bridgehead atoms. The molecule has 1 aliphatic rings. The summed E-state index contributed by atoms with van der Waals surface area (Å²) in [5.74, 6) is 0. The highest BCUT2D eigenvalue weighted by Crippen LogP contribution is 2.33. The first-order chi connectivity index (χ1) is 9.15. The minimum Gasteiger partial charge on any atom is -0.392 e. The molecule has 1 saturated carbocycles. The second-order valence-electron chi connectivity index (χ2n) is 5.69. The van der Waals surface area contributed by atoms with Gasteiger partial charge in [-0.3, -0.25) is 0 Å². The minimum absolute atomic E-state index is 0.124. The van der Waals surface area contributed by atoms with Crippen molar-refractivity contribution in [1.29, 1.82) is 0 Å². The van der Waals surface area contributed by atoms with Crippen LogP contribution in [0, 0.1) is 0 Å². The predicted molar refractivity (Wildman–Crippen MR) is 82.5 cm³/mol. The molecule has 1 fully saturated rings. The molecule has 1 aliphatic carbocycles. The molecular formula is C16H25NOS. The molecule has 2 atom stereocenters. The molecule has 3 heteroatoms. The Kier molecular flexibility index (Phi) is 5.74. The molecule has 0 saturated heterocycles. The molecule has 0 radical (unpaired) electrons. The van der Waals surface area contributed by atoms with E-state index < -0.39 is 0 Å².